The number of benzene rings is 1. The molecule has 0 aliphatic carbocycles. The first-order chi connectivity index (χ1) is 11.6. The largest absolute Gasteiger partial charge is 0.358 e. The third-order valence-corrected chi connectivity index (χ3v) is 5.72. The fourth-order valence-electron chi connectivity index (χ4n) is 3.21. The fraction of sp³-hybridized carbons (Fsp3) is 0.389. The highest BCUT2D eigenvalue weighted by molar-refractivity contribution is 7.80. The molecule has 1 saturated heterocycles. The van der Waals surface area contributed by atoms with Gasteiger partial charge in [-0.2, -0.15) is 0 Å². The maximum Gasteiger partial charge on any atom is 0.171 e. The third-order valence-electron chi connectivity index (χ3n) is 4.30. The van der Waals surface area contributed by atoms with E-state index < -0.39 is 0 Å². The minimum Gasteiger partial charge on any atom is -0.358 e. The highest BCUT2D eigenvalue weighted by Crippen LogP contribution is 2.31. The van der Waals surface area contributed by atoms with Crippen LogP contribution in [0.3, 0.4) is 0 Å². The SMILES string of the molecule is C[C@@H](NC(=S)Nc1ccc(Cl)cc1)[C@@H](c1cccs1)N1CCCC1. The zero-order valence-corrected chi connectivity index (χ0v) is 16.1. The van der Waals surface area contributed by atoms with E-state index in [0.29, 0.717) is 11.2 Å². The molecule has 1 aliphatic heterocycles. The molecule has 2 heterocycles. The zero-order valence-electron chi connectivity index (χ0n) is 13.7. The molecule has 2 N–H and O–H groups in total. The summed E-state index contributed by atoms with van der Waals surface area (Å²) < 4.78 is 0. The molecular weight excluding hydrogens is 358 g/mol. The molecule has 0 bridgehead atoms. The van der Waals surface area contributed by atoms with Crippen molar-refractivity contribution in [3.63, 3.8) is 0 Å². The lowest BCUT2D eigenvalue weighted by molar-refractivity contribution is 0.214. The summed E-state index contributed by atoms with van der Waals surface area (Å²) in [5, 5.41) is 10.2. The van der Waals surface area contributed by atoms with Crippen LogP contribution in [0.15, 0.2) is 41.8 Å². The molecule has 3 nitrogen and oxygen atoms in total. The van der Waals surface area contributed by atoms with Gasteiger partial charge >= 0.3 is 0 Å². The topological polar surface area (TPSA) is 27.3 Å². The van der Waals surface area contributed by atoms with Gasteiger partial charge < -0.3 is 10.6 Å². The highest BCUT2D eigenvalue weighted by atomic mass is 35.5. The second-order valence-electron chi connectivity index (χ2n) is 6.10. The molecule has 0 amide bonds. The van der Waals surface area contributed by atoms with E-state index in [0.717, 1.165) is 23.8 Å². The average molecular weight is 380 g/mol. The van der Waals surface area contributed by atoms with Gasteiger partial charge in [-0.15, -0.1) is 11.3 Å². The van der Waals surface area contributed by atoms with Crippen molar-refractivity contribution in [1.29, 1.82) is 0 Å². The van der Waals surface area contributed by atoms with E-state index in [1.165, 1.54) is 17.7 Å². The zero-order chi connectivity index (χ0) is 16.9. The summed E-state index contributed by atoms with van der Waals surface area (Å²) in [4.78, 5) is 3.96. The molecule has 1 fully saturated rings. The molecule has 0 radical (unpaired) electrons. The molecule has 24 heavy (non-hydrogen) atoms. The lowest BCUT2D eigenvalue weighted by Crippen LogP contribution is -2.45. The standard InChI is InChI=1S/C18H22ClN3S2/c1-13(20-18(23)21-15-8-6-14(19)7-9-15)17(16-5-4-12-24-16)22-10-2-3-11-22/h4-9,12-13,17H,2-3,10-11H2,1H3,(H2,20,21,23)/t13-,17+/m1/s1. The number of likely N-dealkylation sites (tertiary alicyclic amines) is 1. The van der Waals surface area contributed by atoms with E-state index in [1.807, 2.05) is 35.6 Å². The van der Waals surface area contributed by atoms with E-state index in [-0.39, 0.29) is 6.04 Å². The van der Waals surface area contributed by atoms with Gasteiger partial charge in [-0.05, 0) is 80.8 Å². The van der Waals surface area contributed by atoms with Gasteiger partial charge in [0.25, 0.3) is 0 Å². The number of halogens is 1. The molecular formula is C18H22ClN3S2. The summed E-state index contributed by atoms with van der Waals surface area (Å²) in [6.07, 6.45) is 2.56. The molecule has 0 unspecified atom stereocenters. The molecule has 2 aromatic rings. The third kappa shape index (κ3) is 4.48. The fourth-order valence-corrected chi connectivity index (χ4v) is 4.60. The normalized spacial score (nSPS) is 17.4. The van der Waals surface area contributed by atoms with E-state index in [4.69, 9.17) is 23.8 Å². The van der Waals surface area contributed by atoms with E-state index in [2.05, 4.69) is 40.0 Å². The van der Waals surface area contributed by atoms with Gasteiger partial charge in [0.15, 0.2) is 5.11 Å². The van der Waals surface area contributed by atoms with Gasteiger partial charge in [-0.3, -0.25) is 4.90 Å². The van der Waals surface area contributed by atoms with Crippen molar-refractivity contribution in [1.82, 2.24) is 10.2 Å². The number of nitrogens with zero attached hydrogens (tertiary/aromatic N) is 1. The molecule has 3 rings (SSSR count). The Labute approximate surface area is 158 Å². The molecule has 0 saturated carbocycles. The highest BCUT2D eigenvalue weighted by Gasteiger charge is 2.29. The molecule has 1 aliphatic rings. The van der Waals surface area contributed by atoms with Crippen molar-refractivity contribution in [3.05, 3.63) is 51.7 Å². The lowest BCUT2D eigenvalue weighted by Gasteiger charge is -2.33. The van der Waals surface area contributed by atoms with Crippen molar-refractivity contribution in [2.45, 2.75) is 31.8 Å². The number of nitrogens with one attached hydrogen (secondary N) is 2. The first-order valence-corrected chi connectivity index (χ1v) is 9.90. The minimum absolute atomic E-state index is 0.231. The molecule has 0 spiro atoms. The maximum absolute atomic E-state index is 5.92. The van der Waals surface area contributed by atoms with E-state index in [1.54, 1.807) is 0 Å². The summed E-state index contributed by atoms with van der Waals surface area (Å²) in [5.41, 5.74) is 0.943. The van der Waals surface area contributed by atoms with Crippen LogP contribution in [-0.4, -0.2) is 29.1 Å². The van der Waals surface area contributed by atoms with Gasteiger partial charge in [-0.25, -0.2) is 0 Å². The molecule has 128 valence electrons. The Balaban J connectivity index is 1.65. The van der Waals surface area contributed by atoms with Crippen molar-refractivity contribution < 1.29 is 0 Å². The Kier molecular flexibility index (Phi) is 6.11. The Morgan fingerprint density at radius 1 is 1.21 bits per heavy atom. The summed E-state index contributed by atoms with van der Waals surface area (Å²) >= 11 is 13.2. The molecule has 1 aromatic heterocycles. The number of hydrogen-bond donors (Lipinski definition) is 2. The van der Waals surface area contributed by atoms with Crippen LogP contribution in [0.1, 0.15) is 30.7 Å². The van der Waals surface area contributed by atoms with Gasteiger partial charge in [0.05, 0.1) is 6.04 Å². The quantitative estimate of drug-likeness (QED) is 0.721. The number of hydrogen-bond acceptors (Lipinski definition) is 3. The first kappa shape index (κ1) is 17.7. The Bertz CT molecular complexity index is 651. The summed E-state index contributed by atoms with van der Waals surface area (Å²) in [6.45, 7) is 4.52. The molecule has 1 aromatic carbocycles. The van der Waals surface area contributed by atoms with Crippen molar-refractivity contribution in [2.75, 3.05) is 18.4 Å². The van der Waals surface area contributed by atoms with Crippen molar-refractivity contribution in [2.24, 2.45) is 0 Å². The smallest absolute Gasteiger partial charge is 0.171 e. The van der Waals surface area contributed by atoms with Crippen molar-refractivity contribution >= 4 is 46.0 Å². The van der Waals surface area contributed by atoms with Gasteiger partial charge in [0.2, 0.25) is 0 Å². The number of anilines is 1. The molecule has 6 heteroatoms. The maximum atomic E-state index is 5.92. The van der Waals surface area contributed by atoms with E-state index in [9.17, 15) is 0 Å². The monoisotopic (exact) mass is 379 g/mol. The Morgan fingerprint density at radius 2 is 1.92 bits per heavy atom. The van der Waals surface area contributed by atoms with Crippen LogP contribution in [0.4, 0.5) is 5.69 Å². The average Bonchev–Trinajstić information content (AvgIpc) is 3.24. The number of thiocarbonyl (C=S) groups is 1. The van der Waals surface area contributed by atoms with Crippen LogP contribution in [0.5, 0.6) is 0 Å². The van der Waals surface area contributed by atoms with Crippen LogP contribution >= 0.6 is 35.2 Å². The lowest BCUT2D eigenvalue weighted by atomic mass is 10.1. The predicted molar refractivity (Wildman–Crippen MR) is 108 cm³/mol. The second-order valence-corrected chi connectivity index (χ2v) is 7.92. The predicted octanol–water partition coefficient (Wildman–Crippen LogP) is 4.91. The first-order valence-electron chi connectivity index (χ1n) is 8.24. The summed E-state index contributed by atoms with van der Waals surface area (Å²) in [7, 11) is 0. The Hall–Kier alpha value is -1.14. The number of thiophene rings is 1. The van der Waals surface area contributed by atoms with Gasteiger partial charge in [-0.1, -0.05) is 17.7 Å². The van der Waals surface area contributed by atoms with Crippen LogP contribution in [0, 0.1) is 0 Å². The number of rotatable bonds is 5. The van der Waals surface area contributed by atoms with E-state index >= 15 is 0 Å². The summed E-state index contributed by atoms with van der Waals surface area (Å²) in [5.74, 6) is 0. The van der Waals surface area contributed by atoms with Crippen molar-refractivity contribution in [3.8, 4) is 0 Å². The van der Waals surface area contributed by atoms with Gasteiger partial charge in [0.1, 0.15) is 0 Å². The Morgan fingerprint density at radius 3 is 2.54 bits per heavy atom. The minimum atomic E-state index is 0.231. The summed E-state index contributed by atoms with van der Waals surface area (Å²) in [6, 6.07) is 12.5. The molecule has 2 atom stereocenters. The van der Waals surface area contributed by atoms with Crippen LogP contribution < -0.4 is 10.6 Å². The van der Waals surface area contributed by atoms with Crippen LogP contribution in [-0.2, 0) is 0 Å². The van der Waals surface area contributed by atoms with Crippen LogP contribution in [0.25, 0.3) is 0 Å². The van der Waals surface area contributed by atoms with Crippen LogP contribution in [0.2, 0.25) is 5.02 Å². The second kappa shape index (κ2) is 8.30. The van der Waals surface area contributed by atoms with Gasteiger partial charge in [0, 0.05) is 21.6 Å².